The molecule has 1 heterocycles. The highest BCUT2D eigenvalue weighted by atomic mass is 35.5. The lowest BCUT2D eigenvalue weighted by Crippen LogP contribution is -2.42. The number of rotatable bonds is 4. The molecule has 0 fully saturated rings. The Morgan fingerprint density at radius 1 is 1.04 bits per heavy atom. The molecule has 3 aromatic rings. The van der Waals surface area contributed by atoms with Gasteiger partial charge in [0.25, 0.3) is 5.56 Å². The zero-order valence-electron chi connectivity index (χ0n) is 15.5. The number of aryl methyl sites for hydroxylation is 1. The minimum atomic E-state index is -0.881. The second kappa shape index (κ2) is 7.74. The summed E-state index contributed by atoms with van der Waals surface area (Å²) in [5.74, 6) is -0.601. The molecule has 1 aromatic heterocycles. The van der Waals surface area contributed by atoms with E-state index in [1.165, 1.54) is 18.7 Å². The number of carbonyl (C=O) groups is 1. The highest BCUT2D eigenvalue weighted by Gasteiger charge is 2.24. The molecule has 0 spiro atoms. The fourth-order valence-corrected chi connectivity index (χ4v) is 2.95. The second-order valence-electron chi connectivity index (χ2n) is 6.24. The van der Waals surface area contributed by atoms with Gasteiger partial charge in [0, 0.05) is 14.1 Å². The van der Waals surface area contributed by atoms with Crippen LogP contribution in [0.1, 0.15) is 15.9 Å². The van der Waals surface area contributed by atoms with Gasteiger partial charge in [0.2, 0.25) is 0 Å². The van der Waals surface area contributed by atoms with Crippen LogP contribution in [0, 0.1) is 6.92 Å². The van der Waals surface area contributed by atoms with Gasteiger partial charge in [0.05, 0.1) is 10.7 Å². The van der Waals surface area contributed by atoms with E-state index in [9.17, 15) is 14.4 Å². The first-order valence-corrected chi connectivity index (χ1v) is 8.78. The van der Waals surface area contributed by atoms with Gasteiger partial charge in [0.15, 0.2) is 5.56 Å². The smallest absolute Gasteiger partial charge is 0.352 e. The number of ether oxygens (including phenoxy) is 1. The van der Waals surface area contributed by atoms with E-state index in [4.69, 9.17) is 16.3 Å². The van der Waals surface area contributed by atoms with Crippen LogP contribution in [-0.2, 0) is 14.1 Å². The average Bonchev–Trinajstić information content (AvgIpc) is 2.67. The van der Waals surface area contributed by atoms with Gasteiger partial charge in [-0.15, -0.1) is 0 Å². The summed E-state index contributed by atoms with van der Waals surface area (Å²) in [5.41, 5.74) is -0.270. The van der Waals surface area contributed by atoms with E-state index in [0.717, 1.165) is 10.1 Å². The number of anilines is 2. The molecule has 7 nitrogen and oxygen atoms in total. The topological polar surface area (TPSA) is 82.3 Å². The van der Waals surface area contributed by atoms with Gasteiger partial charge in [-0.25, -0.2) is 9.59 Å². The van der Waals surface area contributed by atoms with Crippen molar-refractivity contribution in [2.45, 2.75) is 6.92 Å². The maximum atomic E-state index is 12.8. The number of hydrogen-bond donors (Lipinski definition) is 1. The number of hydrogen-bond acceptors (Lipinski definition) is 5. The Labute approximate surface area is 165 Å². The molecule has 0 aliphatic carbocycles. The number of nitrogens with zero attached hydrogens (tertiary/aromatic N) is 2. The van der Waals surface area contributed by atoms with Crippen LogP contribution in [0.5, 0.6) is 5.75 Å². The van der Waals surface area contributed by atoms with Crippen LogP contribution < -0.4 is 21.3 Å². The summed E-state index contributed by atoms with van der Waals surface area (Å²) >= 11 is 6.25. The standard InChI is InChI=1S/C20H18ClN3O4/c1-12-9-10-15(14(21)11-12)22-17-16(18(25)24(3)20(27)23(17)2)19(26)28-13-7-5-4-6-8-13/h4-11,22H,1-3H3. The molecule has 8 heteroatoms. The van der Waals surface area contributed by atoms with Crippen LogP contribution in [0.2, 0.25) is 5.02 Å². The first-order chi connectivity index (χ1) is 13.3. The van der Waals surface area contributed by atoms with Crippen LogP contribution in [0.3, 0.4) is 0 Å². The van der Waals surface area contributed by atoms with E-state index < -0.39 is 17.2 Å². The monoisotopic (exact) mass is 399 g/mol. The van der Waals surface area contributed by atoms with Gasteiger partial charge in [-0.2, -0.15) is 0 Å². The molecule has 0 atom stereocenters. The van der Waals surface area contributed by atoms with Crippen molar-refractivity contribution in [3.8, 4) is 5.75 Å². The fourth-order valence-electron chi connectivity index (χ4n) is 2.67. The average molecular weight is 400 g/mol. The molecule has 28 heavy (non-hydrogen) atoms. The Hall–Kier alpha value is -3.32. The van der Waals surface area contributed by atoms with Gasteiger partial charge in [0.1, 0.15) is 11.6 Å². The lowest BCUT2D eigenvalue weighted by atomic mass is 10.2. The molecular formula is C20H18ClN3O4. The molecule has 0 bridgehead atoms. The van der Waals surface area contributed by atoms with Gasteiger partial charge in [-0.1, -0.05) is 35.9 Å². The minimum Gasteiger partial charge on any atom is -0.423 e. The summed E-state index contributed by atoms with van der Waals surface area (Å²) < 4.78 is 7.33. The number of halogens is 1. The molecule has 0 radical (unpaired) electrons. The summed E-state index contributed by atoms with van der Waals surface area (Å²) in [7, 11) is 2.75. The fraction of sp³-hybridized carbons (Fsp3) is 0.150. The van der Waals surface area contributed by atoms with Crippen molar-refractivity contribution in [2.24, 2.45) is 14.1 Å². The Kier molecular flexibility index (Phi) is 5.37. The van der Waals surface area contributed by atoms with E-state index in [0.29, 0.717) is 10.7 Å². The van der Waals surface area contributed by atoms with Crippen molar-refractivity contribution in [3.63, 3.8) is 0 Å². The van der Waals surface area contributed by atoms with Crippen LogP contribution >= 0.6 is 11.6 Å². The molecule has 0 saturated heterocycles. The molecule has 3 rings (SSSR count). The van der Waals surface area contributed by atoms with Crippen molar-refractivity contribution in [1.29, 1.82) is 0 Å². The zero-order valence-corrected chi connectivity index (χ0v) is 16.3. The maximum Gasteiger partial charge on any atom is 0.352 e. The molecule has 0 amide bonds. The van der Waals surface area contributed by atoms with E-state index in [-0.39, 0.29) is 17.1 Å². The predicted octanol–water partition coefficient (Wildman–Crippen LogP) is 3.01. The Balaban J connectivity index is 2.14. The van der Waals surface area contributed by atoms with E-state index in [2.05, 4.69) is 5.32 Å². The summed E-state index contributed by atoms with van der Waals surface area (Å²) in [6.45, 7) is 1.88. The lowest BCUT2D eigenvalue weighted by molar-refractivity contribution is 0.0732. The summed E-state index contributed by atoms with van der Waals surface area (Å²) in [6, 6.07) is 13.6. The Morgan fingerprint density at radius 2 is 1.71 bits per heavy atom. The second-order valence-corrected chi connectivity index (χ2v) is 6.65. The van der Waals surface area contributed by atoms with Crippen molar-refractivity contribution in [1.82, 2.24) is 9.13 Å². The highest BCUT2D eigenvalue weighted by molar-refractivity contribution is 6.33. The van der Waals surface area contributed by atoms with Crippen LogP contribution in [0.15, 0.2) is 58.1 Å². The third kappa shape index (κ3) is 3.70. The van der Waals surface area contributed by atoms with Gasteiger partial charge >= 0.3 is 11.7 Å². The largest absolute Gasteiger partial charge is 0.423 e. The van der Waals surface area contributed by atoms with Crippen LogP contribution in [0.25, 0.3) is 0 Å². The van der Waals surface area contributed by atoms with E-state index in [1.807, 2.05) is 13.0 Å². The highest BCUT2D eigenvalue weighted by Crippen LogP contribution is 2.27. The number of para-hydroxylation sites is 1. The van der Waals surface area contributed by atoms with Gasteiger partial charge in [-0.3, -0.25) is 13.9 Å². The molecule has 0 saturated carbocycles. The molecule has 144 valence electrons. The van der Waals surface area contributed by atoms with Crippen molar-refractivity contribution < 1.29 is 9.53 Å². The van der Waals surface area contributed by atoms with E-state index >= 15 is 0 Å². The molecule has 0 unspecified atom stereocenters. The van der Waals surface area contributed by atoms with Crippen molar-refractivity contribution >= 4 is 29.1 Å². The van der Waals surface area contributed by atoms with Gasteiger partial charge in [-0.05, 0) is 36.8 Å². The normalized spacial score (nSPS) is 10.6. The maximum absolute atomic E-state index is 12.8. The number of nitrogens with one attached hydrogen (secondary N) is 1. The molecule has 2 aromatic carbocycles. The minimum absolute atomic E-state index is 0.000200. The summed E-state index contributed by atoms with van der Waals surface area (Å²) in [6.07, 6.45) is 0. The first-order valence-electron chi connectivity index (χ1n) is 8.40. The third-order valence-electron chi connectivity index (χ3n) is 4.20. The SMILES string of the molecule is Cc1ccc(Nc2c(C(=O)Oc3ccccc3)c(=O)n(C)c(=O)n2C)c(Cl)c1. The van der Waals surface area contributed by atoms with Crippen molar-refractivity contribution in [2.75, 3.05) is 5.32 Å². The summed E-state index contributed by atoms with van der Waals surface area (Å²) in [5, 5.41) is 3.31. The lowest BCUT2D eigenvalue weighted by Gasteiger charge is -2.17. The summed E-state index contributed by atoms with van der Waals surface area (Å²) in [4.78, 5) is 37.8. The Morgan fingerprint density at radius 3 is 2.36 bits per heavy atom. The number of benzene rings is 2. The van der Waals surface area contributed by atoms with Crippen molar-refractivity contribution in [3.05, 3.63) is 85.5 Å². The first kappa shape index (κ1) is 19.4. The van der Waals surface area contributed by atoms with Gasteiger partial charge < -0.3 is 10.1 Å². The molecule has 0 aliphatic heterocycles. The predicted molar refractivity (Wildman–Crippen MR) is 108 cm³/mol. The molecular weight excluding hydrogens is 382 g/mol. The molecule has 0 aliphatic rings. The number of carbonyl (C=O) groups excluding carboxylic acids is 1. The van der Waals surface area contributed by atoms with E-state index in [1.54, 1.807) is 42.5 Å². The van der Waals surface area contributed by atoms with Crippen LogP contribution in [0.4, 0.5) is 11.5 Å². The number of esters is 1. The zero-order chi connectivity index (χ0) is 20.4. The van der Waals surface area contributed by atoms with Crippen LogP contribution in [-0.4, -0.2) is 15.1 Å². The number of aromatic nitrogens is 2. The Bertz CT molecular complexity index is 1170. The third-order valence-corrected chi connectivity index (χ3v) is 4.51. The molecule has 1 N–H and O–H groups in total. The quantitative estimate of drug-likeness (QED) is 0.538.